The number of nitrogens with zero attached hydrogens (tertiary/aromatic N) is 4. The number of piperidine rings is 1. The predicted molar refractivity (Wildman–Crippen MR) is 173 cm³/mol. The van der Waals surface area contributed by atoms with Gasteiger partial charge in [-0.1, -0.05) is 54.1 Å². The first kappa shape index (κ1) is 29.9. The van der Waals surface area contributed by atoms with Crippen molar-refractivity contribution in [2.45, 2.75) is 31.7 Å². The topological polar surface area (TPSA) is 71.6 Å². The van der Waals surface area contributed by atoms with E-state index in [1.807, 2.05) is 89.3 Å². The van der Waals surface area contributed by atoms with Crippen LogP contribution in [0, 0.1) is 5.92 Å². The van der Waals surface area contributed by atoms with E-state index in [0.717, 1.165) is 55.5 Å². The summed E-state index contributed by atoms with van der Waals surface area (Å²) in [5, 5.41) is 0.700. The van der Waals surface area contributed by atoms with Crippen LogP contribution in [0.1, 0.15) is 57.3 Å². The van der Waals surface area contributed by atoms with Crippen LogP contribution in [0.15, 0.2) is 102 Å². The first-order chi connectivity index (χ1) is 21.5. The molecule has 3 heterocycles. The fraction of sp³-hybridized carbons (Fsp3) is 0.306. The summed E-state index contributed by atoms with van der Waals surface area (Å²) in [7, 11) is 1.87. The van der Waals surface area contributed by atoms with Crippen LogP contribution >= 0.6 is 11.6 Å². The van der Waals surface area contributed by atoms with E-state index in [9.17, 15) is 9.59 Å². The third-order valence-corrected chi connectivity index (χ3v) is 9.00. The normalized spacial score (nSPS) is 15.0. The molecule has 1 saturated heterocycles. The van der Waals surface area contributed by atoms with Gasteiger partial charge in [-0.3, -0.25) is 9.59 Å². The molecule has 1 unspecified atom stereocenters. The molecule has 1 atom stereocenters. The Balaban J connectivity index is 1.10. The summed E-state index contributed by atoms with van der Waals surface area (Å²) >= 11 is 6.19. The number of rotatable bonds is 11. The lowest BCUT2D eigenvalue weighted by atomic mass is 9.90. The number of benzene rings is 3. The minimum atomic E-state index is -0.0622. The molecule has 1 aliphatic rings. The average Bonchev–Trinajstić information content (AvgIpc) is 3.72. The van der Waals surface area contributed by atoms with Crippen LogP contribution in [-0.2, 0) is 6.54 Å². The van der Waals surface area contributed by atoms with Crippen LogP contribution in [0.2, 0.25) is 5.02 Å². The second-order valence-electron chi connectivity index (χ2n) is 11.7. The Kier molecular flexibility index (Phi) is 9.24. The molecule has 226 valence electrons. The van der Waals surface area contributed by atoms with Gasteiger partial charge in [-0.2, -0.15) is 0 Å². The van der Waals surface area contributed by atoms with E-state index in [1.165, 1.54) is 5.56 Å². The number of imidazole rings is 1. The van der Waals surface area contributed by atoms with Gasteiger partial charge in [0.2, 0.25) is 5.78 Å². The molecule has 5 aromatic rings. The van der Waals surface area contributed by atoms with Crippen LogP contribution in [0.5, 0.6) is 0 Å². The molecule has 3 aromatic carbocycles. The molecular formula is C36H37ClN4O3. The maximum absolute atomic E-state index is 13.8. The van der Waals surface area contributed by atoms with Crippen molar-refractivity contribution in [3.8, 4) is 0 Å². The fourth-order valence-electron chi connectivity index (χ4n) is 6.24. The molecule has 1 aliphatic heterocycles. The Morgan fingerprint density at radius 1 is 0.977 bits per heavy atom. The molecule has 44 heavy (non-hydrogen) atoms. The van der Waals surface area contributed by atoms with Crippen LogP contribution in [-0.4, -0.2) is 64.3 Å². The second-order valence-corrected chi connectivity index (χ2v) is 12.1. The lowest BCUT2D eigenvalue weighted by molar-refractivity contribution is 0.0779. The van der Waals surface area contributed by atoms with E-state index in [4.69, 9.17) is 21.0 Å². The van der Waals surface area contributed by atoms with Gasteiger partial charge in [0.1, 0.15) is 0 Å². The van der Waals surface area contributed by atoms with Gasteiger partial charge in [0.05, 0.1) is 30.1 Å². The number of halogens is 1. The van der Waals surface area contributed by atoms with E-state index >= 15 is 0 Å². The number of hydrogen-bond acceptors (Lipinski definition) is 5. The van der Waals surface area contributed by atoms with Gasteiger partial charge in [0.25, 0.3) is 5.91 Å². The number of furan rings is 1. The Hall–Kier alpha value is -4.20. The third-order valence-electron chi connectivity index (χ3n) is 8.75. The molecule has 0 N–H and O–H groups in total. The molecule has 0 aliphatic carbocycles. The van der Waals surface area contributed by atoms with Crippen molar-refractivity contribution in [3.05, 3.63) is 125 Å². The molecule has 6 rings (SSSR count). The molecule has 1 amide bonds. The Labute approximate surface area is 263 Å². The molecular weight excluding hydrogens is 572 g/mol. The number of para-hydroxylation sites is 2. The Morgan fingerprint density at radius 2 is 1.70 bits per heavy atom. The minimum Gasteiger partial charge on any atom is -0.472 e. The van der Waals surface area contributed by atoms with Crippen molar-refractivity contribution in [3.63, 3.8) is 0 Å². The number of ketones is 1. The summed E-state index contributed by atoms with van der Waals surface area (Å²) in [4.78, 5) is 36.0. The third kappa shape index (κ3) is 6.79. The van der Waals surface area contributed by atoms with E-state index in [-0.39, 0.29) is 23.5 Å². The smallest absolute Gasteiger partial charge is 0.253 e. The van der Waals surface area contributed by atoms with Gasteiger partial charge in [0.15, 0.2) is 5.82 Å². The summed E-state index contributed by atoms with van der Waals surface area (Å²) in [6.45, 7) is 3.75. The van der Waals surface area contributed by atoms with Gasteiger partial charge in [-0.25, -0.2) is 4.98 Å². The highest BCUT2D eigenvalue weighted by molar-refractivity contribution is 6.30. The van der Waals surface area contributed by atoms with Crippen LogP contribution in [0.3, 0.4) is 0 Å². The highest BCUT2D eigenvalue weighted by atomic mass is 35.5. The van der Waals surface area contributed by atoms with Crippen LogP contribution < -0.4 is 0 Å². The number of likely N-dealkylation sites (N-methyl/N-ethyl adjacent to an activating group) is 1. The van der Waals surface area contributed by atoms with Gasteiger partial charge in [-0.05, 0) is 86.9 Å². The van der Waals surface area contributed by atoms with Crippen molar-refractivity contribution in [1.82, 2.24) is 19.4 Å². The molecule has 1 fully saturated rings. The van der Waals surface area contributed by atoms with Crippen LogP contribution in [0.25, 0.3) is 11.0 Å². The fourth-order valence-corrected chi connectivity index (χ4v) is 6.37. The number of carbonyl (C=O) groups is 2. The maximum Gasteiger partial charge on any atom is 0.253 e. The number of carbonyl (C=O) groups excluding carboxylic acids is 2. The first-order valence-electron chi connectivity index (χ1n) is 15.2. The van der Waals surface area contributed by atoms with Gasteiger partial charge < -0.3 is 18.8 Å². The number of hydrogen-bond donors (Lipinski definition) is 0. The molecule has 0 bridgehead atoms. The first-order valence-corrected chi connectivity index (χ1v) is 15.6. The van der Waals surface area contributed by atoms with Gasteiger partial charge >= 0.3 is 0 Å². The number of amides is 1. The lowest BCUT2D eigenvalue weighted by Crippen LogP contribution is -2.38. The quantitative estimate of drug-likeness (QED) is 0.149. The molecule has 2 aromatic heterocycles. The predicted octanol–water partition coefficient (Wildman–Crippen LogP) is 7.17. The zero-order valence-corrected chi connectivity index (χ0v) is 25.7. The summed E-state index contributed by atoms with van der Waals surface area (Å²) in [5.74, 6) is 0.756. The summed E-state index contributed by atoms with van der Waals surface area (Å²) in [6, 6.07) is 27.2. The standard InChI is InChI=1S/C36H37ClN4O3/c1-39(36(43)29-7-3-2-4-8-29)24-30(27-11-13-31(37)14-12-27)17-21-40-19-15-28(16-20-40)34(42)35-38-32-9-5-6-10-33(32)41(35)23-26-18-22-44-25-26/h2-14,18,22,25,28,30H,15-17,19-21,23-24H2,1H3. The summed E-state index contributed by atoms with van der Waals surface area (Å²) < 4.78 is 7.31. The monoisotopic (exact) mass is 608 g/mol. The molecule has 0 radical (unpaired) electrons. The van der Waals surface area contributed by atoms with Crippen molar-refractivity contribution in [2.24, 2.45) is 5.92 Å². The van der Waals surface area contributed by atoms with E-state index in [1.54, 1.807) is 12.5 Å². The zero-order valence-electron chi connectivity index (χ0n) is 24.9. The molecule has 7 nitrogen and oxygen atoms in total. The average molecular weight is 609 g/mol. The maximum atomic E-state index is 13.8. The Bertz CT molecular complexity index is 1690. The van der Waals surface area contributed by atoms with E-state index in [0.29, 0.717) is 29.5 Å². The Morgan fingerprint density at radius 3 is 2.43 bits per heavy atom. The number of likely N-dealkylation sites (tertiary alicyclic amines) is 1. The van der Waals surface area contributed by atoms with Gasteiger partial charge in [-0.15, -0.1) is 0 Å². The number of aromatic nitrogens is 2. The highest BCUT2D eigenvalue weighted by Crippen LogP contribution is 2.28. The van der Waals surface area contributed by atoms with Crippen molar-refractivity contribution in [2.75, 3.05) is 33.2 Å². The van der Waals surface area contributed by atoms with Crippen molar-refractivity contribution < 1.29 is 14.0 Å². The largest absolute Gasteiger partial charge is 0.472 e. The summed E-state index contributed by atoms with van der Waals surface area (Å²) in [6.07, 6.45) is 5.86. The number of Topliss-reactive ketones (excluding diaryl/α,β-unsaturated/α-hetero) is 1. The molecule has 8 heteroatoms. The summed E-state index contributed by atoms with van der Waals surface area (Å²) in [5.41, 5.74) is 4.65. The number of fused-ring (bicyclic) bond motifs is 1. The molecule has 0 saturated carbocycles. The van der Waals surface area contributed by atoms with E-state index < -0.39 is 0 Å². The molecule has 0 spiro atoms. The van der Waals surface area contributed by atoms with Crippen molar-refractivity contribution in [1.29, 1.82) is 0 Å². The minimum absolute atomic E-state index is 0.0164. The van der Waals surface area contributed by atoms with E-state index in [2.05, 4.69) is 17.0 Å². The highest BCUT2D eigenvalue weighted by Gasteiger charge is 2.30. The second kappa shape index (κ2) is 13.6. The van der Waals surface area contributed by atoms with Crippen molar-refractivity contribution >= 4 is 34.3 Å². The zero-order chi connectivity index (χ0) is 30.5. The SMILES string of the molecule is CN(CC(CCN1CCC(C(=O)c2nc3ccccc3n2Cc2ccoc2)CC1)c1ccc(Cl)cc1)C(=O)c1ccccc1. The van der Waals surface area contributed by atoms with Crippen LogP contribution in [0.4, 0.5) is 0 Å². The lowest BCUT2D eigenvalue weighted by Gasteiger charge is -2.33. The van der Waals surface area contributed by atoms with Gasteiger partial charge in [0, 0.05) is 41.6 Å².